The number of hydrogen-bond acceptors (Lipinski definition) is 5. The third-order valence-electron chi connectivity index (χ3n) is 3.92. The highest BCUT2D eigenvalue weighted by Gasteiger charge is 2.25. The van der Waals surface area contributed by atoms with Gasteiger partial charge in [-0.05, 0) is 25.1 Å². The second kappa shape index (κ2) is 7.26. The Balaban J connectivity index is 2.24. The van der Waals surface area contributed by atoms with Gasteiger partial charge in [-0.3, -0.25) is 10.1 Å². The standard InChI is InChI=1S/C15H24N4O2/c1-3-8-16-13-6-5-7-14(15(13)19(20)21)18-11-9-17(4-2)10-12-18/h5-7,16H,3-4,8-12H2,1-2H3. The van der Waals surface area contributed by atoms with Gasteiger partial charge in [0, 0.05) is 32.7 Å². The number of benzene rings is 1. The molecule has 6 heteroatoms. The maximum absolute atomic E-state index is 11.5. The highest BCUT2D eigenvalue weighted by Crippen LogP contribution is 2.35. The van der Waals surface area contributed by atoms with Gasteiger partial charge in [0.2, 0.25) is 0 Å². The van der Waals surface area contributed by atoms with Crippen LogP contribution in [0.3, 0.4) is 0 Å². The van der Waals surface area contributed by atoms with Crippen molar-refractivity contribution in [2.45, 2.75) is 20.3 Å². The fourth-order valence-electron chi connectivity index (χ4n) is 2.69. The van der Waals surface area contributed by atoms with E-state index in [4.69, 9.17) is 0 Å². The molecule has 1 aromatic rings. The number of para-hydroxylation sites is 1. The lowest BCUT2D eigenvalue weighted by molar-refractivity contribution is -0.383. The van der Waals surface area contributed by atoms with E-state index < -0.39 is 0 Å². The lowest BCUT2D eigenvalue weighted by Gasteiger charge is -2.35. The van der Waals surface area contributed by atoms with E-state index in [0.717, 1.165) is 51.4 Å². The van der Waals surface area contributed by atoms with Crippen molar-refractivity contribution >= 4 is 17.1 Å². The molecule has 0 saturated carbocycles. The molecule has 6 nitrogen and oxygen atoms in total. The molecule has 1 fully saturated rings. The molecule has 0 radical (unpaired) electrons. The van der Waals surface area contributed by atoms with Gasteiger partial charge in [-0.25, -0.2) is 0 Å². The predicted octanol–water partition coefficient (Wildman–Crippen LogP) is 2.56. The van der Waals surface area contributed by atoms with Gasteiger partial charge in [0.25, 0.3) is 0 Å². The summed E-state index contributed by atoms with van der Waals surface area (Å²) in [5, 5.41) is 14.7. The van der Waals surface area contributed by atoms with E-state index in [9.17, 15) is 10.1 Å². The van der Waals surface area contributed by atoms with E-state index in [-0.39, 0.29) is 10.6 Å². The first-order valence-electron chi connectivity index (χ1n) is 7.66. The quantitative estimate of drug-likeness (QED) is 0.645. The Labute approximate surface area is 125 Å². The van der Waals surface area contributed by atoms with E-state index in [2.05, 4.69) is 22.0 Å². The highest BCUT2D eigenvalue weighted by molar-refractivity contribution is 5.77. The van der Waals surface area contributed by atoms with Crippen molar-refractivity contribution < 1.29 is 4.92 Å². The van der Waals surface area contributed by atoms with Crippen LogP contribution in [-0.2, 0) is 0 Å². The van der Waals surface area contributed by atoms with Gasteiger partial charge < -0.3 is 15.1 Å². The van der Waals surface area contributed by atoms with Crippen LogP contribution in [0.5, 0.6) is 0 Å². The summed E-state index contributed by atoms with van der Waals surface area (Å²) < 4.78 is 0. The number of rotatable bonds is 6. The Morgan fingerprint density at radius 2 is 1.95 bits per heavy atom. The van der Waals surface area contributed by atoms with Gasteiger partial charge in [-0.1, -0.05) is 19.9 Å². The van der Waals surface area contributed by atoms with Crippen LogP contribution < -0.4 is 10.2 Å². The lowest BCUT2D eigenvalue weighted by atomic mass is 10.2. The van der Waals surface area contributed by atoms with Gasteiger partial charge in [0.05, 0.1) is 4.92 Å². The van der Waals surface area contributed by atoms with Crippen molar-refractivity contribution in [2.75, 3.05) is 49.5 Å². The maximum atomic E-state index is 11.5. The average Bonchev–Trinajstić information content (AvgIpc) is 2.52. The summed E-state index contributed by atoms with van der Waals surface area (Å²) in [6.07, 6.45) is 0.941. The first kappa shape index (κ1) is 15.6. The molecule has 0 atom stereocenters. The minimum atomic E-state index is -0.264. The summed E-state index contributed by atoms with van der Waals surface area (Å²) in [6.45, 7) is 9.57. The van der Waals surface area contributed by atoms with Crippen LogP contribution in [0.4, 0.5) is 17.1 Å². The van der Waals surface area contributed by atoms with Crippen molar-refractivity contribution in [3.63, 3.8) is 0 Å². The second-order valence-corrected chi connectivity index (χ2v) is 5.28. The van der Waals surface area contributed by atoms with Gasteiger partial charge in [0.1, 0.15) is 11.4 Å². The number of anilines is 2. The Morgan fingerprint density at radius 3 is 2.52 bits per heavy atom. The molecular formula is C15H24N4O2. The third-order valence-corrected chi connectivity index (χ3v) is 3.92. The van der Waals surface area contributed by atoms with Crippen molar-refractivity contribution in [1.29, 1.82) is 0 Å². The molecule has 1 aliphatic rings. The van der Waals surface area contributed by atoms with Gasteiger partial charge >= 0.3 is 5.69 Å². The van der Waals surface area contributed by atoms with Gasteiger partial charge in [0.15, 0.2) is 0 Å². The number of hydrogen-bond donors (Lipinski definition) is 1. The smallest absolute Gasteiger partial charge is 0.315 e. The first-order chi connectivity index (χ1) is 10.2. The molecule has 0 unspecified atom stereocenters. The van der Waals surface area contributed by atoms with Crippen molar-refractivity contribution in [2.24, 2.45) is 0 Å². The Bertz CT molecular complexity index is 485. The molecule has 0 aliphatic carbocycles. The highest BCUT2D eigenvalue weighted by atomic mass is 16.6. The largest absolute Gasteiger partial charge is 0.379 e. The van der Waals surface area contributed by atoms with Crippen molar-refractivity contribution in [3.8, 4) is 0 Å². The molecule has 0 aromatic heterocycles. The fraction of sp³-hybridized carbons (Fsp3) is 0.600. The summed E-state index contributed by atoms with van der Waals surface area (Å²) in [6, 6.07) is 5.54. The first-order valence-corrected chi connectivity index (χ1v) is 7.66. The summed E-state index contributed by atoms with van der Waals surface area (Å²) in [5.74, 6) is 0. The van der Waals surface area contributed by atoms with Crippen LogP contribution in [0.1, 0.15) is 20.3 Å². The van der Waals surface area contributed by atoms with Crippen LogP contribution >= 0.6 is 0 Å². The number of nitro benzene ring substituents is 1. The molecule has 0 spiro atoms. The summed E-state index contributed by atoms with van der Waals surface area (Å²) >= 11 is 0. The SMILES string of the molecule is CCCNc1cccc(N2CCN(CC)CC2)c1[N+](=O)[O-]. The zero-order chi connectivity index (χ0) is 15.2. The maximum Gasteiger partial charge on any atom is 0.315 e. The van der Waals surface area contributed by atoms with E-state index >= 15 is 0 Å². The van der Waals surface area contributed by atoms with Gasteiger partial charge in [-0.2, -0.15) is 0 Å². The number of nitro groups is 1. The minimum absolute atomic E-state index is 0.205. The van der Waals surface area contributed by atoms with Crippen LogP contribution in [0, 0.1) is 10.1 Å². The zero-order valence-corrected chi connectivity index (χ0v) is 12.8. The molecule has 0 amide bonds. The van der Waals surface area contributed by atoms with E-state index in [1.54, 1.807) is 6.07 Å². The second-order valence-electron chi connectivity index (χ2n) is 5.28. The summed E-state index contributed by atoms with van der Waals surface area (Å²) in [5.41, 5.74) is 1.56. The van der Waals surface area contributed by atoms with Crippen LogP contribution in [0.15, 0.2) is 18.2 Å². The molecule has 1 N–H and O–H groups in total. The Morgan fingerprint density at radius 1 is 1.24 bits per heavy atom. The summed E-state index contributed by atoms with van der Waals surface area (Å²) in [7, 11) is 0. The minimum Gasteiger partial charge on any atom is -0.379 e. The number of piperazine rings is 1. The predicted molar refractivity (Wildman–Crippen MR) is 86.2 cm³/mol. The van der Waals surface area contributed by atoms with Crippen LogP contribution in [0.2, 0.25) is 0 Å². The molecule has 0 bridgehead atoms. The molecule has 2 rings (SSSR count). The molecule has 116 valence electrons. The molecule has 1 heterocycles. The van der Waals surface area contributed by atoms with E-state index in [0.29, 0.717) is 5.69 Å². The lowest BCUT2D eigenvalue weighted by Crippen LogP contribution is -2.46. The normalized spacial score (nSPS) is 16.0. The van der Waals surface area contributed by atoms with Crippen LogP contribution in [0.25, 0.3) is 0 Å². The fourth-order valence-corrected chi connectivity index (χ4v) is 2.69. The molecule has 1 aromatic carbocycles. The zero-order valence-electron chi connectivity index (χ0n) is 12.8. The van der Waals surface area contributed by atoms with Gasteiger partial charge in [-0.15, -0.1) is 0 Å². The number of nitrogens with zero attached hydrogens (tertiary/aromatic N) is 3. The van der Waals surface area contributed by atoms with Crippen LogP contribution in [-0.4, -0.2) is 49.1 Å². The average molecular weight is 292 g/mol. The van der Waals surface area contributed by atoms with E-state index in [1.165, 1.54) is 0 Å². The number of nitrogens with one attached hydrogen (secondary N) is 1. The number of likely N-dealkylation sites (N-methyl/N-ethyl adjacent to an activating group) is 1. The Kier molecular flexibility index (Phi) is 5.38. The molecule has 1 saturated heterocycles. The van der Waals surface area contributed by atoms with Crippen molar-refractivity contribution in [3.05, 3.63) is 28.3 Å². The molecule has 21 heavy (non-hydrogen) atoms. The Hall–Kier alpha value is -1.82. The molecular weight excluding hydrogens is 268 g/mol. The topological polar surface area (TPSA) is 61.6 Å². The monoisotopic (exact) mass is 292 g/mol. The third kappa shape index (κ3) is 3.64. The summed E-state index contributed by atoms with van der Waals surface area (Å²) in [4.78, 5) is 15.7. The van der Waals surface area contributed by atoms with Crippen molar-refractivity contribution in [1.82, 2.24) is 4.90 Å². The van der Waals surface area contributed by atoms with E-state index in [1.807, 2.05) is 19.1 Å². The molecule has 1 aliphatic heterocycles.